The van der Waals surface area contributed by atoms with E-state index in [4.69, 9.17) is 5.26 Å². The van der Waals surface area contributed by atoms with Crippen molar-refractivity contribution in [3.05, 3.63) is 24.3 Å². The lowest BCUT2D eigenvalue weighted by Crippen LogP contribution is -2.05. The van der Waals surface area contributed by atoms with Crippen molar-refractivity contribution in [2.75, 3.05) is 5.32 Å². The Kier molecular flexibility index (Phi) is 4.19. The van der Waals surface area contributed by atoms with Gasteiger partial charge >= 0.3 is 0 Å². The molecule has 15 heavy (non-hydrogen) atoms. The lowest BCUT2D eigenvalue weighted by atomic mass is 10.3. The molecule has 78 valence electrons. The molecule has 0 unspecified atom stereocenters. The second-order valence-corrected chi connectivity index (χ2v) is 4.51. The predicted octanol–water partition coefficient (Wildman–Crippen LogP) is 2.65. The van der Waals surface area contributed by atoms with Crippen LogP contribution in [-0.2, 0) is 4.79 Å². The summed E-state index contributed by atoms with van der Waals surface area (Å²) in [6, 6.07) is 9.59. The highest BCUT2D eigenvalue weighted by Gasteiger charge is 2.02. The minimum Gasteiger partial charge on any atom is -0.326 e. The highest BCUT2D eigenvalue weighted by molar-refractivity contribution is 8.00. The normalized spacial score (nSPS) is 11.5. The first kappa shape index (κ1) is 11.6. The Morgan fingerprint density at radius 3 is 2.53 bits per heavy atom. The molecule has 0 spiro atoms. The van der Waals surface area contributed by atoms with Crippen molar-refractivity contribution in [3.8, 4) is 6.07 Å². The van der Waals surface area contributed by atoms with Crippen LogP contribution in [0.2, 0.25) is 0 Å². The average Bonchev–Trinajstić information content (AvgIpc) is 2.20. The number of nitrogens with one attached hydrogen (secondary N) is 1. The van der Waals surface area contributed by atoms with Gasteiger partial charge < -0.3 is 5.32 Å². The highest BCUT2D eigenvalue weighted by atomic mass is 32.2. The standard InChI is InChI=1S/C11H12N2OS/c1-8(7-12)15-11-5-3-10(4-6-11)13-9(2)14/h3-6,8H,1-2H3,(H,13,14)/t8-/m0/s1. The summed E-state index contributed by atoms with van der Waals surface area (Å²) in [6.45, 7) is 3.33. The van der Waals surface area contributed by atoms with Gasteiger partial charge in [0.15, 0.2) is 0 Å². The fraction of sp³-hybridized carbons (Fsp3) is 0.273. The molecule has 0 saturated heterocycles. The second kappa shape index (κ2) is 5.42. The molecule has 3 nitrogen and oxygen atoms in total. The molecular weight excluding hydrogens is 208 g/mol. The van der Waals surface area contributed by atoms with Crippen LogP contribution in [0, 0.1) is 11.3 Å². The third-order valence-electron chi connectivity index (χ3n) is 1.67. The van der Waals surface area contributed by atoms with Crippen LogP contribution < -0.4 is 5.32 Å². The maximum atomic E-state index is 10.8. The fourth-order valence-corrected chi connectivity index (χ4v) is 1.80. The Morgan fingerprint density at radius 1 is 1.47 bits per heavy atom. The van der Waals surface area contributed by atoms with Crippen LogP contribution in [0.1, 0.15) is 13.8 Å². The fourth-order valence-electron chi connectivity index (χ4n) is 1.05. The van der Waals surface area contributed by atoms with Gasteiger partial charge in [0.2, 0.25) is 5.91 Å². The average molecular weight is 220 g/mol. The number of amides is 1. The molecule has 0 aromatic heterocycles. The molecule has 1 rings (SSSR count). The molecule has 1 atom stereocenters. The minimum atomic E-state index is -0.0826. The van der Waals surface area contributed by atoms with Gasteiger partial charge in [0, 0.05) is 17.5 Å². The Bertz CT molecular complexity index is 381. The van der Waals surface area contributed by atoms with Crippen LogP contribution in [0.15, 0.2) is 29.2 Å². The zero-order valence-electron chi connectivity index (χ0n) is 8.65. The first-order valence-electron chi connectivity index (χ1n) is 4.55. The molecule has 0 saturated carbocycles. The van der Waals surface area contributed by atoms with Crippen molar-refractivity contribution in [2.24, 2.45) is 0 Å². The van der Waals surface area contributed by atoms with E-state index in [9.17, 15) is 4.79 Å². The SMILES string of the molecule is CC(=O)Nc1ccc(S[C@@H](C)C#N)cc1. The van der Waals surface area contributed by atoms with E-state index in [0.29, 0.717) is 0 Å². The van der Waals surface area contributed by atoms with Crippen molar-refractivity contribution in [2.45, 2.75) is 24.0 Å². The smallest absolute Gasteiger partial charge is 0.221 e. The Hall–Kier alpha value is -1.47. The molecule has 1 N–H and O–H groups in total. The number of benzene rings is 1. The topological polar surface area (TPSA) is 52.9 Å². The number of nitriles is 1. The molecule has 1 amide bonds. The molecule has 4 heteroatoms. The number of thioether (sulfide) groups is 1. The summed E-state index contributed by atoms with van der Waals surface area (Å²) >= 11 is 1.50. The van der Waals surface area contributed by atoms with Gasteiger partial charge in [-0.15, -0.1) is 11.8 Å². The van der Waals surface area contributed by atoms with Crippen LogP contribution in [0.4, 0.5) is 5.69 Å². The largest absolute Gasteiger partial charge is 0.326 e. The summed E-state index contributed by atoms with van der Waals surface area (Å²) < 4.78 is 0. The van der Waals surface area contributed by atoms with E-state index < -0.39 is 0 Å². The lowest BCUT2D eigenvalue weighted by molar-refractivity contribution is -0.114. The number of carbonyl (C=O) groups is 1. The first-order chi connectivity index (χ1) is 7.11. The van der Waals surface area contributed by atoms with E-state index in [1.165, 1.54) is 18.7 Å². The maximum absolute atomic E-state index is 10.8. The van der Waals surface area contributed by atoms with E-state index in [0.717, 1.165) is 10.6 Å². The van der Waals surface area contributed by atoms with Crippen molar-refractivity contribution in [3.63, 3.8) is 0 Å². The van der Waals surface area contributed by atoms with Gasteiger partial charge in [-0.3, -0.25) is 4.79 Å². The zero-order chi connectivity index (χ0) is 11.3. The summed E-state index contributed by atoms with van der Waals surface area (Å²) in [5.41, 5.74) is 0.775. The number of hydrogen-bond acceptors (Lipinski definition) is 3. The van der Waals surface area contributed by atoms with E-state index >= 15 is 0 Å². The third kappa shape index (κ3) is 4.05. The summed E-state index contributed by atoms with van der Waals surface area (Å²) in [5.74, 6) is -0.0826. The Morgan fingerprint density at radius 2 is 2.07 bits per heavy atom. The number of hydrogen-bond donors (Lipinski definition) is 1. The van der Waals surface area contributed by atoms with Gasteiger partial charge in [-0.25, -0.2) is 0 Å². The van der Waals surface area contributed by atoms with Crippen molar-refractivity contribution in [1.29, 1.82) is 5.26 Å². The first-order valence-corrected chi connectivity index (χ1v) is 5.43. The quantitative estimate of drug-likeness (QED) is 0.797. The van der Waals surface area contributed by atoms with Crippen LogP contribution in [0.3, 0.4) is 0 Å². The Labute approximate surface area is 93.5 Å². The number of nitrogens with zero attached hydrogens (tertiary/aromatic N) is 1. The van der Waals surface area contributed by atoms with Gasteiger partial charge in [0.25, 0.3) is 0 Å². The van der Waals surface area contributed by atoms with Crippen LogP contribution >= 0.6 is 11.8 Å². The highest BCUT2D eigenvalue weighted by Crippen LogP contribution is 2.24. The molecule has 1 aromatic carbocycles. The zero-order valence-corrected chi connectivity index (χ0v) is 9.47. The molecule has 0 fully saturated rings. The summed E-state index contributed by atoms with van der Waals surface area (Å²) in [6.07, 6.45) is 0. The van der Waals surface area contributed by atoms with E-state index in [1.807, 2.05) is 31.2 Å². The molecule has 0 bridgehead atoms. The Balaban J connectivity index is 2.65. The van der Waals surface area contributed by atoms with Crippen molar-refractivity contribution < 1.29 is 4.79 Å². The second-order valence-electron chi connectivity index (χ2n) is 3.09. The molecule has 0 aliphatic carbocycles. The molecular formula is C11H12N2OS. The van der Waals surface area contributed by atoms with Crippen LogP contribution in [-0.4, -0.2) is 11.2 Å². The van der Waals surface area contributed by atoms with Gasteiger partial charge in [0.05, 0.1) is 11.3 Å². The van der Waals surface area contributed by atoms with Crippen molar-refractivity contribution in [1.82, 2.24) is 0 Å². The van der Waals surface area contributed by atoms with Crippen LogP contribution in [0.25, 0.3) is 0 Å². The van der Waals surface area contributed by atoms with Gasteiger partial charge in [0.1, 0.15) is 0 Å². The number of rotatable bonds is 3. The van der Waals surface area contributed by atoms with Crippen LogP contribution in [0.5, 0.6) is 0 Å². The molecule has 0 aliphatic rings. The molecule has 0 aliphatic heterocycles. The van der Waals surface area contributed by atoms with Crippen molar-refractivity contribution >= 4 is 23.4 Å². The van der Waals surface area contributed by atoms with Gasteiger partial charge in [-0.2, -0.15) is 5.26 Å². The summed E-state index contributed by atoms with van der Waals surface area (Å²) in [5, 5.41) is 11.3. The third-order valence-corrected chi connectivity index (χ3v) is 2.67. The van der Waals surface area contributed by atoms with E-state index in [1.54, 1.807) is 0 Å². The summed E-state index contributed by atoms with van der Waals surface area (Å²) in [7, 11) is 0. The summed E-state index contributed by atoms with van der Waals surface area (Å²) in [4.78, 5) is 11.8. The molecule has 0 radical (unpaired) electrons. The lowest BCUT2D eigenvalue weighted by Gasteiger charge is -2.05. The van der Waals surface area contributed by atoms with Gasteiger partial charge in [-0.1, -0.05) is 0 Å². The number of carbonyl (C=O) groups excluding carboxylic acids is 1. The monoisotopic (exact) mass is 220 g/mol. The number of anilines is 1. The maximum Gasteiger partial charge on any atom is 0.221 e. The minimum absolute atomic E-state index is 0.0587. The van der Waals surface area contributed by atoms with E-state index in [-0.39, 0.29) is 11.2 Å². The molecule has 0 heterocycles. The molecule has 1 aromatic rings. The van der Waals surface area contributed by atoms with E-state index in [2.05, 4.69) is 11.4 Å². The predicted molar refractivity (Wildman–Crippen MR) is 61.7 cm³/mol. The van der Waals surface area contributed by atoms with Gasteiger partial charge in [-0.05, 0) is 31.2 Å².